The first-order valence-corrected chi connectivity index (χ1v) is 7.35. The number of nitrogens with one attached hydrogen (secondary N) is 1. The Morgan fingerprint density at radius 1 is 1.14 bits per heavy atom. The number of para-hydroxylation sites is 1. The number of benzene rings is 2. The number of rotatable bonds is 6. The Morgan fingerprint density at radius 3 is 2.41 bits per heavy atom. The molecular weight excluding hydrogens is 276 g/mol. The molecule has 0 bridgehead atoms. The van der Waals surface area contributed by atoms with Gasteiger partial charge in [-0.2, -0.15) is 0 Å². The summed E-state index contributed by atoms with van der Waals surface area (Å²) in [5.74, 6) is 0.338. The number of ether oxygens (including phenoxy) is 1. The minimum atomic E-state index is -0.349. The summed E-state index contributed by atoms with van der Waals surface area (Å²) in [5, 5.41) is 3.02. The predicted molar refractivity (Wildman–Crippen MR) is 87.8 cm³/mol. The molecular formula is C18H22N2O2. The number of nitrogens with two attached hydrogens (primary N) is 1. The van der Waals surface area contributed by atoms with Crippen molar-refractivity contribution in [1.29, 1.82) is 0 Å². The molecule has 2 aromatic carbocycles. The Bertz CT molecular complexity index is 613. The van der Waals surface area contributed by atoms with Gasteiger partial charge in [0.15, 0.2) is 0 Å². The second-order valence-electron chi connectivity index (χ2n) is 5.17. The van der Waals surface area contributed by atoms with E-state index in [4.69, 9.17) is 10.5 Å². The number of amides is 1. The maximum atomic E-state index is 12.5. The maximum absolute atomic E-state index is 12.5. The summed E-state index contributed by atoms with van der Waals surface area (Å²) in [5.41, 5.74) is 7.66. The lowest BCUT2D eigenvalue weighted by Gasteiger charge is -2.21. The molecule has 116 valence electrons. The number of hydrogen-bond donors (Lipinski definition) is 2. The van der Waals surface area contributed by atoms with Crippen LogP contribution in [0.4, 0.5) is 0 Å². The van der Waals surface area contributed by atoms with Crippen molar-refractivity contribution >= 4 is 5.91 Å². The highest BCUT2D eigenvalue weighted by molar-refractivity contribution is 5.84. The molecule has 0 aliphatic carbocycles. The van der Waals surface area contributed by atoms with E-state index in [1.165, 1.54) is 0 Å². The van der Waals surface area contributed by atoms with E-state index in [1.807, 2.05) is 61.5 Å². The molecule has 3 N–H and O–H groups in total. The zero-order valence-electron chi connectivity index (χ0n) is 13.0. The van der Waals surface area contributed by atoms with Gasteiger partial charge in [0.25, 0.3) is 0 Å². The molecule has 0 radical (unpaired) electrons. The van der Waals surface area contributed by atoms with Gasteiger partial charge in [0.1, 0.15) is 5.75 Å². The molecule has 0 heterocycles. The number of hydrogen-bond acceptors (Lipinski definition) is 3. The van der Waals surface area contributed by atoms with Gasteiger partial charge >= 0.3 is 0 Å². The Labute approximate surface area is 131 Å². The van der Waals surface area contributed by atoms with Gasteiger partial charge in [-0.25, -0.2) is 0 Å². The van der Waals surface area contributed by atoms with Crippen molar-refractivity contribution in [2.45, 2.75) is 18.9 Å². The molecule has 0 spiro atoms. The maximum Gasteiger partial charge on any atom is 0.229 e. The summed E-state index contributed by atoms with van der Waals surface area (Å²) >= 11 is 0. The van der Waals surface area contributed by atoms with Crippen LogP contribution in [0.15, 0.2) is 54.6 Å². The Hall–Kier alpha value is -2.33. The molecule has 22 heavy (non-hydrogen) atoms. The molecule has 0 saturated heterocycles. The van der Waals surface area contributed by atoms with Gasteiger partial charge < -0.3 is 15.8 Å². The Balaban J connectivity index is 2.13. The molecule has 2 aromatic rings. The number of carbonyl (C=O) groups excluding carboxylic acids is 1. The van der Waals surface area contributed by atoms with Crippen molar-refractivity contribution in [1.82, 2.24) is 5.32 Å². The first-order valence-electron chi connectivity index (χ1n) is 7.35. The summed E-state index contributed by atoms with van der Waals surface area (Å²) in [7, 11) is 1.63. The van der Waals surface area contributed by atoms with Gasteiger partial charge in [0.2, 0.25) is 5.91 Å². The van der Waals surface area contributed by atoms with Gasteiger partial charge in [-0.1, -0.05) is 48.5 Å². The lowest BCUT2D eigenvalue weighted by molar-refractivity contribution is -0.123. The molecule has 1 amide bonds. The van der Waals surface area contributed by atoms with Crippen LogP contribution in [-0.2, 0) is 4.79 Å². The van der Waals surface area contributed by atoms with Crippen molar-refractivity contribution in [2.24, 2.45) is 5.73 Å². The molecule has 4 heteroatoms. The zero-order chi connectivity index (χ0) is 15.9. The van der Waals surface area contributed by atoms with E-state index in [0.29, 0.717) is 0 Å². The molecule has 0 aliphatic rings. The molecule has 4 nitrogen and oxygen atoms in total. The van der Waals surface area contributed by atoms with Gasteiger partial charge in [0.05, 0.1) is 19.1 Å². The average molecular weight is 298 g/mol. The fraction of sp³-hybridized carbons (Fsp3) is 0.278. The van der Waals surface area contributed by atoms with E-state index in [-0.39, 0.29) is 24.4 Å². The van der Waals surface area contributed by atoms with E-state index in [2.05, 4.69) is 5.32 Å². The minimum absolute atomic E-state index is 0.0768. The van der Waals surface area contributed by atoms with Crippen LogP contribution in [0.3, 0.4) is 0 Å². The highest BCUT2D eigenvalue weighted by atomic mass is 16.5. The minimum Gasteiger partial charge on any atom is -0.496 e. The summed E-state index contributed by atoms with van der Waals surface area (Å²) in [6.45, 7) is 2.21. The summed E-state index contributed by atoms with van der Waals surface area (Å²) in [6, 6.07) is 17.1. The topological polar surface area (TPSA) is 64.3 Å². The first-order chi connectivity index (χ1) is 10.7. The second kappa shape index (κ2) is 7.61. The van der Waals surface area contributed by atoms with Crippen molar-refractivity contribution < 1.29 is 9.53 Å². The van der Waals surface area contributed by atoms with Crippen LogP contribution in [0.1, 0.15) is 30.0 Å². The highest BCUT2D eigenvalue weighted by Crippen LogP contribution is 2.25. The van der Waals surface area contributed by atoms with Gasteiger partial charge in [-0.3, -0.25) is 4.79 Å². The summed E-state index contributed by atoms with van der Waals surface area (Å²) < 4.78 is 5.34. The molecule has 0 aliphatic heterocycles. The predicted octanol–water partition coefficient (Wildman–Crippen LogP) is 2.61. The third kappa shape index (κ3) is 3.65. The smallest absolute Gasteiger partial charge is 0.229 e. The van der Waals surface area contributed by atoms with Crippen molar-refractivity contribution in [3.05, 3.63) is 65.7 Å². The Kier molecular flexibility index (Phi) is 5.55. The van der Waals surface area contributed by atoms with E-state index in [9.17, 15) is 4.79 Å². The quantitative estimate of drug-likeness (QED) is 0.861. The van der Waals surface area contributed by atoms with E-state index < -0.39 is 0 Å². The molecule has 2 rings (SSSR count). The molecule has 0 fully saturated rings. The third-order valence-corrected chi connectivity index (χ3v) is 3.72. The summed E-state index contributed by atoms with van der Waals surface area (Å²) in [6.07, 6.45) is 0. The van der Waals surface area contributed by atoms with Gasteiger partial charge in [0, 0.05) is 12.1 Å². The van der Waals surface area contributed by atoms with E-state index in [0.717, 1.165) is 16.9 Å². The third-order valence-electron chi connectivity index (χ3n) is 3.72. The van der Waals surface area contributed by atoms with Crippen LogP contribution in [-0.4, -0.2) is 19.6 Å². The monoisotopic (exact) mass is 298 g/mol. The fourth-order valence-corrected chi connectivity index (χ4v) is 2.50. The highest BCUT2D eigenvalue weighted by Gasteiger charge is 2.21. The second-order valence-corrected chi connectivity index (χ2v) is 5.17. The largest absolute Gasteiger partial charge is 0.496 e. The average Bonchev–Trinajstić information content (AvgIpc) is 2.56. The van der Waals surface area contributed by atoms with E-state index >= 15 is 0 Å². The SMILES string of the molecule is COc1ccccc1C(C)NC(=O)C(CN)c1ccccc1. The van der Waals surface area contributed by atoms with Crippen LogP contribution >= 0.6 is 0 Å². The van der Waals surface area contributed by atoms with Crippen LogP contribution in [0.5, 0.6) is 5.75 Å². The Morgan fingerprint density at radius 2 is 1.77 bits per heavy atom. The lowest BCUT2D eigenvalue weighted by Crippen LogP contribution is -2.35. The standard InChI is InChI=1S/C18H22N2O2/c1-13(15-10-6-7-11-17(15)22-2)20-18(21)16(12-19)14-8-4-3-5-9-14/h3-11,13,16H,12,19H2,1-2H3,(H,20,21). The molecule has 0 saturated carbocycles. The molecule has 2 unspecified atom stereocenters. The molecule has 0 aromatic heterocycles. The number of methoxy groups -OCH3 is 1. The summed E-state index contributed by atoms with van der Waals surface area (Å²) in [4.78, 5) is 12.5. The van der Waals surface area contributed by atoms with Crippen LogP contribution in [0.2, 0.25) is 0 Å². The normalized spacial score (nSPS) is 13.2. The van der Waals surface area contributed by atoms with Crippen LogP contribution in [0.25, 0.3) is 0 Å². The van der Waals surface area contributed by atoms with Crippen molar-refractivity contribution in [2.75, 3.05) is 13.7 Å². The fourth-order valence-electron chi connectivity index (χ4n) is 2.50. The number of carbonyl (C=O) groups is 1. The van der Waals surface area contributed by atoms with Gasteiger partial charge in [-0.05, 0) is 18.6 Å². The van der Waals surface area contributed by atoms with Crippen LogP contribution < -0.4 is 15.8 Å². The lowest BCUT2D eigenvalue weighted by atomic mass is 9.97. The molecule has 2 atom stereocenters. The van der Waals surface area contributed by atoms with Crippen molar-refractivity contribution in [3.63, 3.8) is 0 Å². The van der Waals surface area contributed by atoms with Gasteiger partial charge in [-0.15, -0.1) is 0 Å². The van der Waals surface area contributed by atoms with Crippen molar-refractivity contribution in [3.8, 4) is 5.75 Å². The first kappa shape index (κ1) is 16.0. The zero-order valence-corrected chi connectivity index (χ0v) is 13.0. The van der Waals surface area contributed by atoms with Crippen LogP contribution in [0, 0.1) is 0 Å². The van der Waals surface area contributed by atoms with E-state index in [1.54, 1.807) is 7.11 Å².